The molecule has 0 rings (SSSR count). The molecule has 0 aliphatic rings. The number of aliphatic carboxylic acids is 1. The normalized spacial score (nSPS) is 8.85. The maximum absolute atomic E-state index is 10.0. The Morgan fingerprint density at radius 1 is 0.950 bits per heavy atom. The van der Waals surface area contributed by atoms with E-state index in [1.54, 1.807) is 6.08 Å². The summed E-state index contributed by atoms with van der Waals surface area (Å²) in [4.78, 5) is 10.0. The average Bonchev–Trinajstić information content (AvgIpc) is 2.43. The highest BCUT2D eigenvalue weighted by Crippen LogP contribution is 2.08. The number of carboxylic acids is 1. The molecule has 0 spiro atoms. The summed E-state index contributed by atoms with van der Waals surface area (Å²) in [6, 6.07) is 0. The molecule has 0 aromatic heterocycles. The number of rotatable bonds is 8. The van der Waals surface area contributed by atoms with E-state index >= 15 is 0 Å². The lowest BCUT2D eigenvalue weighted by atomic mass is 10.1. The van der Waals surface area contributed by atoms with Crippen LogP contribution in [-0.2, 0) is 4.79 Å². The van der Waals surface area contributed by atoms with E-state index in [1.165, 1.54) is 44.9 Å². The van der Waals surface area contributed by atoms with Crippen LogP contribution in [0.25, 0.3) is 0 Å². The third kappa shape index (κ3) is 15.9. The van der Waals surface area contributed by atoms with E-state index in [9.17, 15) is 4.79 Å². The molecule has 1 N–H and O–H groups in total. The van der Waals surface area contributed by atoms with Gasteiger partial charge in [-0.15, -0.1) is 0 Å². The van der Waals surface area contributed by atoms with Crippen molar-refractivity contribution in [1.82, 2.24) is 0 Å². The molecule has 106 valence electrons. The van der Waals surface area contributed by atoms with Gasteiger partial charge in [0.25, 0.3) is 0 Å². The second kappa shape index (κ2) is 14.9. The summed E-state index contributed by atoms with van der Waals surface area (Å²) in [5.74, 6) is 13.1. The largest absolute Gasteiger partial charge is 0.472 e. The van der Waals surface area contributed by atoms with E-state index in [4.69, 9.17) is 5.11 Å². The Labute approximate surface area is 122 Å². The van der Waals surface area contributed by atoms with Gasteiger partial charge in [-0.1, -0.05) is 57.4 Å². The van der Waals surface area contributed by atoms with Gasteiger partial charge in [-0.05, 0) is 42.6 Å². The molecule has 20 heavy (non-hydrogen) atoms. The number of allylic oxidation sites excluding steroid dienone is 2. The third-order valence-electron chi connectivity index (χ3n) is 2.60. The fourth-order valence-corrected chi connectivity index (χ4v) is 1.59. The van der Waals surface area contributed by atoms with Crippen LogP contribution in [0, 0.1) is 35.5 Å². The molecule has 0 aliphatic carbocycles. The second-order valence-corrected chi connectivity index (χ2v) is 4.39. The summed E-state index contributed by atoms with van der Waals surface area (Å²) in [5.41, 5.74) is 0. The Morgan fingerprint density at radius 2 is 1.60 bits per heavy atom. The highest BCUT2D eigenvalue weighted by molar-refractivity contribution is 5.87. The molecular weight excluding hydrogens is 248 g/mol. The summed E-state index contributed by atoms with van der Waals surface area (Å²) in [6.07, 6.45) is 14.1. The minimum absolute atomic E-state index is 1.05. The van der Waals surface area contributed by atoms with Gasteiger partial charge < -0.3 is 5.11 Å². The highest BCUT2D eigenvalue weighted by atomic mass is 16.4. The SMILES string of the molecule is CCCCCCCCCC=CC#CC#CC#CC(=O)O. The average molecular weight is 270 g/mol. The molecule has 2 nitrogen and oxygen atoms in total. The van der Waals surface area contributed by atoms with Gasteiger partial charge in [0, 0.05) is 5.92 Å². The van der Waals surface area contributed by atoms with Crippen LogP contribution in [0.2, 0.25) is 0 Å². The third-order valence-corrected chi connectivity index (χ3v) is 2.60. The van der Waals surface area contributed by atoms with E-state index in [0.29, 0.717) is 0 Å². The predicted octanol–water partition coefficient (Wildman–Crippen LogP) is 3.78. The standard InChI is InChI=1S/C18H22O2/c1-2-3-4-5-6-7-8-9-10-11-12-13-14-15-16-17-18(19)20/h10-11H,2-9H2,1H3,(H,19,20). The van der Waals surface area contributed by atoms with E-state index < -0.39 is 5.97 Å². The van der Waals surface area contributed by atoms with Crippen molar-refractivity contribution < 1.29 is 9.90 Å². The molecular formula is C18H22O2. The summed E-state index contributed by atoms with van der Waals surface area (Å²) in [7, 11) is 0. The number of carbonyl (C=O) groups is 1. The van der Waals surface area contributed by atoms with Crippen molar-refractivity contribution in [3.8, 4) is 35.5 Å². The lowest BCUT2D eigenvalue weighted by molar-refractivity contribution is -0.130. The van der Waals surface area contributed by atoms with Crippen molar-refractivity contribution in [1.29, 1.82) is 0 Å². The zero-order valence-electron chi connectivity index (χ0n) is 12.2. The highest BCUT2D eigenvalue weighted by Gasteiger charge is 1.88. The van der Waals surface area contributed by atoms with Gasteiger partial charge in [0.2, 0.25) is 0 Å². The summed E-state index contributed by atoms with van der Waals surface area (Å²) < 4.78 is 0. The van der Waals surface area contributed by atoms with Gasteiger partial charge >= 0.3 is 5.97 Å². The molecule has 2 heteroatoms. The first kappa shape index (κ1) is 17.9. The van der Waals surface area contributed by atoms with Crippen LogP contribution in [0.3, 0.4) is 0 Å². The van der Waals surface area contributed by atoms with Crippen LogP contribution >= 0.6 is 0 Å². The van der Waals surface area contributed by atoms with Crippen LogP contribution in [0.4, 0.5) is 0 Å². The van der Waals surface area contributed by atoms with Gasteiger partial charge in [-0.2, -0.15) is 0 Å². The van der Waals surface area contributed by atoms with E-state index in [1.807, 2.05) is 12.0 Å². The fourth-order valence-electron chi connectivity index (χ4n) is 1.59. The monoisotopic (exact) mass is 270 g/mol. The summed E-state index contributed by atoms with van der Waals surface area (Å²) in [6.45, 7) is 2.23. The van der Waals surface area contributed by atoms with Crippen molar-refractivity contribution in [2.75, 3.05) is 0 Å². The van der Waals surface area contributed by atoms with Crippen molar-refractivity contribution in [3.63, 3.8) is 0 Å². The minimum atomic E-state index is -1.18. The zero-order chi connectivity index (χ0) is 14.9. The predicted molar refractivity (Wildman–Crippen MR) is 82.7 cm³/mol. The first-order valence-electron chi connectivity index (χ1n) is 7.17. The van der Waals surface area contributed by atoms with Crippen molar-refractivity contribution in [3.05, 3.63) is 12.2 Å². The Bertz CT molecular complexity index is 467. The van der Waals surface area contributed by atoms with Gasteiger partial charge in [0.05, 0.1) is 0 Å². The zero-order valence-corrected chi connectivity index (χ0v) is 12.2. The van der Waals surface area contributed by atoms with Crippen molar-refractivity contribution in [2.24, 2.45) is 0 Å². The Morgan fingerprint density at radius 3 is 2.30 bits per heavy atom. The molecule has 0 atom stereocenters. The van der Waals surface area contributed by atoms with E-state index in [2.05, 4.69) is 36.5 Å². The molecule has 0 radical (unpaired) electrons. The number of hydrogen-bond donors (Lipinski definition) is 1. The molecule has 0 bridgehead atoms. The maximum Gasteiger partial charge on any atom is 0.382 e. The molecule has 0 saturated carbocycles. The van der Waals surface area contributed by atoms with Crippen LogP contribution < -0.4 is 0 Å². The van der Waals surface area contributed by atoms with E-state index in [0.717, 1.165) is 6.42 Å². The molecule has 0 fully saturated rings. The maximum atomic E-state index is 10.0. The minimum Gasteiger partial charge on any atom is -0.472 e. The number of hydrogen-bond acceptors (Lipinski definition) is 1. The van der Waals surface area contributed by atoms with Crippen LogP contribution in [0.5, 0.6) is 0 Å². The molecule has 0 saturated heterocycles. The quantitative estimate of drug-likeness (QED) is 0.538. The lowest BCUT2D eigenvalue weighted by Gasteiger charge is -1.98. The molecule has 0 unspecified atom stereocenters. The molecule has 0 amide bonds. The van der Waals surface area contributed by atoms with E-state index in [-0.39, 0.29) is 0 Å². The Balaban J connectivity index is 3.54. The molecule has 0 aromatic rings. The van der Waals surface area contributed by atoms with Crippen LogP contribution in [-0.4, -0.2) is 11.1 Å². The molecule has 0 heterocycles. The Hall–Kier alpha value is -2.11. The lowest BCUT2D eigenvalue weighted by Crippen LogP contribution is -1.85. The van der Waals surface area contributed by atoms with Gasteiger partial charge in [0.1, 0.15) is 0 Å². The topological polar surface area (TPSA) is 37.3 Å². The van der Waals surface area contributed by atoms with Gasteiger partial charge in [0.15, 0.2) is 0 Å². The summed E-state index contributed by atoms with van der Waals surface area (Å²) >= 11 is 0. The first-order chi connectivity index (χ1) is 9.77. The van der Waals surface area contributed by atoms with Gasteiger partial charge in [-0.25, -0.2) is 4.79 Å². The molecule has 0 aromatic carbocycles. The van der Waals surface area contributed by atoms with Crippen LogP contribution in [0.15, 0.2) is 12.2 Å². The smallest absolute Gasteiger partial charge is 0.382 e. The fraction of sp³-hybridized carbons (Fsp3) is 0.500. The molecule has 0 aliphatic heterocycles. The number of carboxylic acid groups (broad SMARTS) is 1. The van der Waals surface area contributed by atoms with Crippen molar-refractivity contribution >= 4 is 5.97 Å². The summed E-state index contributed by atoms with van der Waals surface area (Å²) in [5, 5.41) is 8.23. The first-order valence-corrected chi connectivity index (χ1v) is 7.17. The second-order valence-electron chi connectivity index (χ2n) is 4.39. The van der Waals surface area contributed by atoms with Crippen LogP contribution in [0.1, 0.15) is 58.3 Å². The van der Waals surface area contributed by atoms with Crippen molar-refractivity contribution in [2.45, 2.75) is 58.3 Å². The number of unbranched alkanes of at least 4 members (excludes halogenated alkanes) is 7. The Kier molecular flexibility index (Phi) is 13.4. The van der Waals surface area contributed by atoms with Gasteiger partial charge in [-0.3, -0.25) is 0 Å².